The smallest absolute Gasteiger partial charge is 0.142 e. The molecule has 0 aliphatic heterocycles. The van der Waals surface area contributed by atoms with Crippen molar-refractivity contribution in [2.75, 3.05) is 13.7 Å². The van der Waals surface area contributed by atoms with Crippen LogP contribution >= 0.6 is 11.6 Å². The van der Waals surface area contributed by atoms with Crippen LogP contribution in [0.25, 0.3) is 0 Å². The monoisotopic (exact) mass is 231 g/mol. The normalized spacial score (nSPS) is 13.2. The fourth-order valence-electron chi connectivity index (χ4n) is 1.22. The quantitative estimate of drug-likeness (QED) is 0.860. The predicted molar refractivity (Wildman–Crippen MR) is 59.4 cm³/mol. The maximum absolute atomic E-state index is 13.1. The standard InChI is InChI=1S/C11H15ClFNO/c1-8(7-15)14(2)6-9-3-4-10(12)11(13)5-9/h3-5,8,15H,6-7H2,1-2H3. The summed E-state index contributed by atoms with van der Waals surface area (Å²) in [5.41, 5.74) is 0.847. The Morgan fingerprint density at radius 2 is 2.20 bits per heavy atom. The van der Waals surface area contributed by atoms with Gasteiger partial charge in [-0.2, -0.15) is 0 Å². The van der Waals surface area contributed by atoms with E-state index in [1.54, 1.807) is 12.1 Å². The van der Waals surface area contributed by atoms with E-state index in [0.29, 0.717) is 6.54 Å². The first kappa shape index (κ1) is 12.4. The zero-order chi connectivity index (χ0) is 11.4. The molecule has 4 heteroatoms. The van der Waals surface area contributed by atoms with E-state index in [2.05, 4.69) is 0 Å². The molecule has 1 unspecified atom stereocenters. The molecular formula is C11H15ClFNO. The summed E-state index contributed by atoms with van der Waals surface area (Å²) >= 11 is 5.58. The summed E-state index contributed by atoms with van der Waals surface area (Å²) in [6.45, 7) is 2.59. The number of nitrogens with zero attached hydrogens (tertiary/aromatic N) is 1. The van der Waals surface area contributed by atoms with Crippen LogP contribution in [0.15, 0.2) is 18.2 Å². The fourth-order valence-corrected chi connectivity index (χ4v) is 1.34. The molecule has 0 radical (unpaired) electrons. The van der Waals surface area contributed by atoms with Crippen molar-refractivity contribution in [2.24, 2.45) is 0 Å². The molecule has 1 aromatic rings. The van der Waals surface area contributed by atoms with Crippen molar-refractivity contribution in [2.45, 2.75) is 19.5 Å². The van der Waals surface area contributed by atoms with Gasteiger partial charge in [0.15, 0.2) is 0 Å². The number of aliphatic hydroxyl groups is 1. The SMILES string of the molecule is CC(CO)N(C)Cc1ccc(Cl)c(F)c1. The molecule has 15 heavy (non-hydrogen) atoms. The molecule has 0 fully saturated rings. The van der Waals surface area contributed by atoms with Gasteiger partial charge in [-0.25, -0.2) is 4.39 Å². The van der Waals surface area contributed by atoms with E-state index >= 15 is 0 Å². The van der Waals surface area contributed by atoms with Crippen LogP contribution in [0, 0.1) is 5.82 Å². The molecule has 0 heterocycles. The molecule has 1 N–H and O–H groups in total. The second-order valence-electron chi connectivity index (χ2n) is 3.70. The van der Waals surface area contributed by atoms with Crippen LogP contribution in [0.1, 0.15) is 12.5 Å². The minimum absolute atomic E-state index is 0.0590. The lowest BCUT2D eigenvalue weighted by Crippen LogP contribution is -2.31. The minimum atomic E-state index is -0.404. The van der Waals surface area contributed by atoms with Crippen molar-refractivity contribution in [3.8, 4) is 0 Å². The largest absolute Gasteiger partial charge is 0.395 e. The number of halogens is 2. The van der Waals surface area contributed by atoms with Gasteiger partial charge in [0.25, 0.3) is 0 Å². The number of benzene rings is 1. The van der Waals surface area contributed by atoms with Gasteiger partial charge in [-0.15, -0.1) is 0 Å². The van der Waals surface area contributed by atoms with Crippen molar-refractivity contribution in [3.05, 3.63) is 34.6 Å². The molecule has 0 saturated carbocycles. The van der Waals surface area contributed by atoms with Crippen molar-refractivity contribution in [1.82, 2.24) is 4.90 Å². The van der Waals surface area contributed by atoms with Crippen LogP contribution in [0.5, 0.6) is 0 Å². The van der Waals surface area contributed by atoms with Crippen molar-refractivity contribution in [3.63, 3.8) is 0 Å². The molecule has 84 valence electrons. The highest BCUT2D eigenvalue weighted by Crippen LogP contribution is 2.16. The molecule has 0 saturated heterocycles. The van der Waals surface area contributed by atoms with E-state index in [-0.39, 0.29) is 17.7 Å². The fraction of sp³-hybridized carbons (Fsp3) is 0.455. The lowest BCUT2D eigenvalue weighted by atomic mass is 10.2. The van der Waals surface area contributed by atoms with Crippen LogP contribution in [0.4, 0.5) is 4.39 Å². The highest BCUT2D eigenvalue weighted by atomic mass is 35.5. The third-order valence-corrected chi connectivity index (χ3v) is 2.74. The number of aliphatic hydroxyl groups excluding tert-OH is 1. The summed E-state index contributed by atoms with van der Waals surface area (Å²) in [6.07, 6.45) is 0. The van der Waals surface area contributed by atoms with Gasteiger partial charge in [-0.3, -0.25) is 4.90 Å². The Hall–Kier alpha value is -0.640. The van der Waals surface area contributed by atoms with Gasteiger partial charge in [0.1, 0.15) is 5.82 Å². The minimum Gasteiger partial charge on any atom is -0.395 e. The molecule has 2 nitrogen and oxygen atoms in total. The molecular weight excluding hydrogens is 217 g/mol. The average molecular weight is 232 g/mol. The predicted octanol–water partition coefficient (Wildman–Crippen LogP) is 2.29. The lowest BCUT2D eigenvalue weighted by Gasteiger charge is -2.22. The van der Waals surface area contributed by atoms with Gasteiger partial charge < -0.3 is 5.11 Å². The molecule has 1 atom stereocenters. The average Bonchev–Trinajstić information content (AvgIpc) is 2.22. The van der Waals surface area contributed by atoms with E-state index in [1.165, 1.54) is 6.07 Å². The Bertz CT molecular complexity index is 332. The van der Waals surface area contributed by atoms with E-state index in [4.69, 9.17) is 16.7 Å². The summed E-state index contributed by atoms with van der Waals surface area (Å²) in [5.74, 6) is -0.404. The second-order valence-corrected chi connectivity index (χ2v) is 4.10. The highest BCUT2D eigenvalue weighted by Gasteiger charge is 2.09. The first-order chi connectivity index (χ1) is 7.04. The number of hydrogen-bond acceptors (Lipinski definition) is 2. The molecule has 0 spiro atoms. The molecule has 0 amide bonds. The first-order valence-corrected chi connectivity index (χ1v) is 5.17. The van der Waals surface area contributed by atoms with Gasteiger partial charge in [0, 0.05) is 12.6 Å². The molecule has 1 rings (SSSR count). The Balaban J connectivity index is 2.68. The third-order valence-electron chi connectivity index (χ3n) is 2.43. The van der Waals surface area contributed by atoms with Crippen molar-refractivity contribution >= 4 is 11.6 Å². The summed E-state index contributed by atoms with van der Waals surface area (Å²) in [7, 11) is 1.88. The van der Waals surface area contributed by atoms with E-state index in [9.17, 15) is 4.39 Å². The molecule has 0 bridgehead atoms. The zero-order valence-corrected chi connectivity index (χ0v) is 9.63. The maximum atomic E-state index is 13.1. The third kappa shape index (κ3) is 3.45. The molecule has 1 aromatic carbocycles. The summed E-state index contributed by atoms with van der Waals surface area (Å²) in [6, 6.07) is 4.81. The van der Waals surface area contributed by atoms with Gasteiger partial charge in [0.2, 0.25) is 0 Å². The van der Waals surface area contributed by atoms with E-state index in [0.717, 1.165) is 5.56 Å². The van der Waals surface area contributed by atoms with Crippen LogP contribution in [0.3, 0.4) is 0 Å². The van der Waals surface area contributed by atoms with E-state index < -0.39 is 5.82 Å². The lowest BCUT2D eigenvalue weighted by molar-refractivity contribution is 0.154. The highest BCUT2D eigenvalue weighted by molar-refractivity contribution is 6.30. The number of likely N-dealkylation sites (N-methyl/N-ethyl adjacent to an activating group) is 1. The van der Waals surface area contributed by atoms with Gasteiger partial charge in [-0.1, -0.05) is 17.7 Å². The second kappa shape index (κ2) is 5.45. The zero-order valence-electron chi connectivity index (χ0n) is 8.87. The maximum Gasteiger partial charge on any atom is 0.142 e. The van der Waals surface area contributed by atoms with Gasteiger partial charge in [0.05, 0.1) is 11.6 Å². The topological polar surface area (TPSA) is 23.5 Å². The van der Waals surface area contributed by atoms with Gasteiger partial charge >= 0.3 is 0 Å². The summed E-state index contributed by atoms with van der Waals surface area (Å²) in [4.78, 5) is 1.95. The molecule has 0 aliphatic carbocycles. The van der Waals surface area contributed by atoms with Gasteiger partial charge in [-0.05, 0) is 31.7 Å². The number of hydrogen-bond donors (Lipinski definition) is 1. The first-order valence-electron chi connectivity index (χ1n) is 4.79. The van der Waals surface area contributed by atoms with Crippen LogP contribution in [-0.4, -0.2) is 29.7 Å². The Kier molecular flexibility index (Phi) is 4.51. The van der Waals surface area contributed by atoms with Crippen LogP contribution < -0.4 is 0 Å². The summed E-state index contributed by atoms with van der Waals surface area (Å²) in [5, 5.41) is 9.08. The van der Waals surface area contributed by atoms with E-state index in [1.807, 2.05) is 18.9 Å². The Labute approximate surface area is 94.3 Å². The van der Waals surface area contributed by atoms with Crippen LogP contribution in [-0.2, 0) is 6.54 Å². The van der Waals surface area contributed by atoms with Crippen molar-refractivity contribution < 1.29 is 9.50 Å². The van der Waals surface area contributed by atoms with Crippen molar-refractivity contribution in [1.29, 1.82) is 0 Å². The Morgan fingerprint density at radius 3 is 2.73 bits per heavy atom. The summed E-state index contributed by atoms with van der Waals surface area (Å²) < 4.78 is 13.1. The van der Waals surface area contributed by atoms with Crippen LogP contribution in [0.2, 0.25) is 5.02 Å². The molecule has 0 aromatic heterocycles. The molecule has 0 aliphatic rings. The number of rotatable bonds is 4. The Morgan fingerprint density at radius 1 is 1.53 bits per heavy atom.